The third-order valence-corrected chi connectivity index (χ3v) is 4.73. The van der Waals surface area contributed by atoms with Gasteiger partial charge < -0.3 is 4.74 Å². The first-order chi connectivity index (χ1) is 14.1. The molecule has 0 bridgehead atoms. The van der Waals surface area contributed by atoms with E-state index in [-0.39, 0.29) is 5.97 Å². The van der Waals surface area contributed by atoms with Crippen LogP contribution < -0.4 is 4.74 Å². The van der Waals surface area contributed by atoms with E-state index in [2.05, 4.69) is 43.0 Å². The molecule has 3 aromatic rings. The molecule has 0 heterocycles. The lowest BCUT2D eigenvalue weighted by Crippen LogP contribution is -2.08. The quantitative estimate of drug-likeness (QED) is 0.215. The molecule has 0 saturated heterocycles. The second-order valence-corrected chi connectivity index (χ2v) is 7.18. The highest BCUT2D eigenvalue weighted by Gasteiger charge is 2.08. The molecule has 3 aromatic carbocycles. The summed E-state index contributed by atoms with van der Waals surface area (Å²) in [6.45, 7) is 4.21. The Hall–Kier alpha value is -3.31. The monoisotopic (exact) mass is 382 g/mol. The molecule has 0 aliphatic carbocycles. The van der Waals surface area contributed by atoms with Gasteiger partial charge in [-0.1, -0.05) is 61.4 Å². The fourth-order valence-electron chi connectivity index (χ4n) is 2.94. The predicted octanol–water partition coefficient (Wildman–Crippen LogP) is 6.35. The molecule has 0 unspecified atom stereocenters. The largest absolute Gasteiger partial charge is 0.423 e. The number of hydrogen-bond donors (Lipinski definition) is 0. The summed E-state index contributed by atoms with van der Waals surface area (Å²) >= 11 is 0. The summed E-state index contributed by atoms with van der Waals surface area (Å²) in [7, 11) is 0. The van der Waals surface area contributed by atoms with Crippen LogP contribution in [0.25, 0.3) is 0 Å². The molecule has 0 aromatic heterocycles. The van der Waals surface area contributed by atoms with Gasteiger partial charge in [-0.2, -0.15) is 0 Å². The molecule has 3 rings (SSSR count). The van der Waals surface area contributed by atoms with Gasteiger partial charge in [0.25, 0.3) is 0 Å². The summed E-state index contributed by atoms with van der Waals surface area (Å²) in [6, 6.07) is 23.1. The minimum absolute atomic E-state index is 0.368. The molecule has 2 nitrogen and oxygen atoms in total. The Balaban J connectivity index is 1.59. The molecular weight excluding hydrogens is 356 g/mol. The molecule has 0 aliphatic heterocycles. The van der Waals surface area contributed by atoms with Crippen LogP contribution in [0.3, 0.4) is 0 Å². The van der Waals surface area contributed by atoms with Gasteiger partial charge in [0.1, 0.15) is 5.75 Å². The van der Waals surface area contributed by atoms with Gasteiger partial charge in [-0.25, -0.2) is 4.79 Å². The fourth-order valence-corrected chi connectivity index (χ4v) is 2.94. The van der Waals surface area contributed by atoms with Crippen molar-refractivity contribution in [3.63, 3.8) is 0 Å². The number of ether oxygens (including phenoxy) is 1. The van der Waals surface area contributed by atoms with Crippen LogP contribution in [0, 0.1) is 18.8 Å². The van der Waals surface area contributed by atoms with Crippen LogP contribution in [-0.2, 0) is 6.42 Å². The molecule has 146 valence electrons. The van der Waals surface area contributed by atoms with E-state index in [0.717, 1.165) is 23.1 Å². The van der Waals surface area contributed by atoms with E-state index in [1.165, 1.54) is 24.8 Å². The van der Waals surface area contributed by atoms with Crippen molar-refractivity contribution in [3.05, 3.63) is 101 Å². The highest BCUT2D eigenvalue weighted by molar-refractivity contribution is 5.91. The van der Waals surface area contributed by atoms with E-state index >= 15 is 0 Å². The van der Waals surface area contributed by atoms with Crippen LogP contribution in [0.4, 0.5) is 0 Å². The molecule has 0 radical (unpaired) electrons. The number of aryl methyl sites for hydroxylation is 2. The molecule has 0 amide bonds. The van der Waals surface area contributed by atoms with Crippen molar-refractivity contribution in [1.29, 1.82) is 0 Å². The fraction of sp³-hybridized carbons (Fsp3) is 0.222. The van der Waals surface area contributed by atoms with Crippen LogP contribution in [0.1, 0.15) is 58.8 Å². The predicted molar refractivity (Wildman–Crippen MR) is 118 cm³/mol. The van der Waals surface area contributed by atoms with Gasteiger partial charge >= 0.3 is 5.97 Å². The van der Waals surface area contributed by atoms with E-state index in [1.807, 2.05) is 31.2 Å². The van der Waals surface area contributed by atoms with Crippen molar-refractivity contribution in [3.8, 4) is 17.6 Å². The van der Waals surface area contributed by atoms with Crippen molar-refractivity contribution in [2.45, 2.75) is 39.5 Å². The maximum absolute atomic E-state index is 12.3. The molecule has 0 spiro atoms. The zero-order valence-electron chi connectivity index (χ0n) is 17.1. The van der Waals surface area contributed by atoms with Crippen molar-refractivity contribution < 1.29 is 9.53 Å². The number of carbonyl (C=O) groups is 1. The average molecular weight is 383 g/mol. The highest BCUT2D eigenvalue weighted by Crippen LogP contribution is 2.14. The van der Waals surface area contributed by atoms with E-state index < -0.39 is 0 Å². The number of esters is 1. The molecule has 0 N–H and O–H groups in total. The topological polar surface area (TPSA) is 26.3 Å². The van der Waals surface area contributed by atoms with Crippen molar-refractivity contribution >= 4 is 5.97 Å². The van der Waals surface area contributed by atoms with Gasteiger partial charge in [-0.05, 0) is 73.9 Å². The van der Waals surface area contributed by atoms with E-state index in [9.17, 15) is 4.79 Å². The minimum atomic E-state index is -0.368. The summed E-state index contributed by atoms with van der Waals surface area (Å²) in [5, 5.41) is 0. The third-order valence-electron chi connectivity index (χ3n) is 4.73. The SMILES string of the molecule is CCCCCc1ccc(C#Cc2ccc(C(=O)Oc3ccc(C)cc3)cc2)cc1. The van der Waals surface area contributed by atoms with Crippen molar-refractivity contribution in [2.75, 3.05) is 0 Å². The lowest BCUT2D eigenvalue weighted by atomic mass is 10.1. The van der Waals surface area contributed by atoms with E-state index in [0.29, 0.717) is 11.3 Å². The van der Waals surface area contributed by atoms with Gasteiger partial charge in [-0.15, -0.1) is 0 Å². The molecule has 0 fully saturated rings. The summed E-state index contributed by atoms with van der Waals surface area (Å²) in [5.74, 6) is 6.51. The number of benzene rings is 3. The summed E-state index contributed by atoms with van der Waals surface area (Å²) in [4.78, 5) is 12.3. The maximum Gasteiger partial charge on any atom is 0.343 e. The Kier molecular flexibility index (Phi) is 7.25. The second kappa shape index (κ2) is 10.3. The van der Waals surface area contributed by atoms with Gasteiger partial charge in [0, 0.05) is 11.1 Å². The summed E-state index contributed by atoms with van der Waals surface area (Å²) < 4.78 is 5.40. The van der Waals surface area contributed by atoms with Crippen LogP contribution in [0.2, 0.25) is 0 Å². The lowest BCUT2D eigenvalue weighted by molar-refractivity contribution is 0.0734. The van der Waals surface area contributed by atoms with E-state index in [4.69, 9.17) is 4.74 Å². The Morgan fingerprint density at radius 1 is 0.793 bits per heavy atom. The standard InChI is InChI=1S/C27H26O2/c1-3-4-5-6-22-9-11-23(12-10-22)13-14-24-15-17-25(18-16-24)27(28)29-26-19-7-21(2)8-20-26/h7-12,15-20H,3-6H2,1-2H3. The number of hydrogen-bond acceptors (Lipinski definition) is 2. The molecule has 0 aliphatic rings. The zero-order chi connectivity index (χ0) is 20.5. The molecular formula is C27H26O2. The van der Waals surface area contributed by atoms with Crippen LogP contribution in [0.15, 0.2) is 72.8 Å². The normalized spacial score (nSPS) is 10.1. The Morgan fingerprint density at radius 3 is 1.97 bits per heavy atom. The van der Waals surface area contributed by atoms with E-state index in [1.54, 1.807) is 24.3 Å². The Morgan fingerprint density at radius 2 is 1.38 bits per heavy atom. The first kappa shape index (κ1) is 20.4. The molecule has 0 saturated carbocycles. The minimum Gasteiger partial charge on any atom is -0.423 e. The van der Waals surface area contributed by atoms with Gasteiger partial charge in [-0.3, -0.25) is 0 Å². The van der Waals surface area contributed by atoms with Crippen molar-refractivity contribution in [1.82, 2.24) is 0 Å². The maximum atomic E-state index is 12.3. The summed E-state index contributed by atoms with van der Waals surface area (Å²) in [6.07, 6.45) is 4.88. The molecule has 2 heteroatoms. The highest BCUT2D eigenvalue weighted by atomic mass is 16.5. The van der Waals surface area contributed by atoms with Crippen LogP contribution in [-0.4, -0.2) is 5.97 Å². The van der Waals surface area contributed by atoms with Gasteiger partial charge in [0.15, 0.2) is 0 Å². The van der Waals surface area contributed by atoms with Crippen LogP contribution >= 0.6 is 0 Å². The van der Waals surface area contributed by atoms with Crippen LogP contribution in [0.5, 0.6) is 5.75 Å². The third kappa shape index (κ3) is 6.36. The first-order valence-corrected chi connectivity index (χ1v) is 10.1. The van der Waals surface area contributed by atoms with Gasteiger partial charge in [0.2, 0.25) is 0 Å². The first-order valence-electron chi connectivity index (χ1n) is 10.1. The number of unbranched alkanes of at least 4 members (excludes halogenated alkanes) is 2. The molecule has 29 heavy (non-hydrogen) atoms. The Labute approximate surface area is 173 Å². The zero-order valence-corrected chi connectivity index (χ0v) is 17.1. The number of carbonyl (C=O) groups excluding carboxylic acids is 1. The summed E-state index contributed by atoms with van der Waals surface area (Å²) in [5.41, 5.74) is 4.85. The van der Waals surface area contributed by atoms with Crippen molar-refractivity contribution in [2.24, 2.45) is 0 Å². The lowest BCUT2D eigenvalue weighted by Gasteiger charge is -2.04. The molecule has 0 atom stereocenters. The number of rotatable bonds is 6. The average Bonchev–Trinajstić information content (AvgIpc) is 2.75. The Bertz CT molecular complexity index is 986. The van der Waals surface area contributed by atoms with Gasteiger partial charge in [0.05, 0.1) is 5.56 Å². The smallest absolute Gasteiger partial charge is 0.343 e. The second-order valence-electron chi connectivity index (χ2n) is 7.18.